The maximum absolute atomic E-state index is 13.5. The van der Waals surface area contributed by atoms with Crippen LogP contribution in [0.15, 0.2) is 108 Å². The van der Waals surface area contributed by atoms with Crippen molar-refractivity contribution < 1.29 is 9.72 Å². The van der Waals surface area contributed by atoms with E-state index in [4.69, 9.17) is 0 Å². The van der Waals surface area contributed by atoms with E-state index in [0.717, 1.165) is 16.7 Å². The topological polar surface area (TPSA) is 103 Å². The molecule has 5 rings (SSSR count). The number of nitro benzene ring substituents is 1. The Balaban J connectivity index is 1.56. The van der Waals surface area contributed by atoms with E-state index in [1.54, 1.807) is 18.2 Å². The molecule has 206 valence electrons. The Morgan fingerprint density at radius 2 is 1.61 bits per heavy atom. The highest BCUT2D eigenvalue weighted by atomic mass is 32.2. The second-order valence-electron chi connectivity index (χ2n) is 9.76. The van der Waals surface area contributed by atoms with Crippen molar-refractivity contribution in [3.8, 4) is 5.69 Å². The van der Waals surface area contributed by atoms with Crippen LogP contribution in [0.4, 0.5) is 5.69 Å². The molecule has 1 aromatic heterocycles. The second-order valence-corrected chi connectivity index (χ2v) is 10.7. The monoisotopic (exact) mass is 563 g/mol. The first kappa shape index (κ1) is 27.8. The highest BCUT2D eigenvalue weighted by Crippen LogP contribution is 2.30. The molecule has 0 saturated carbocycles. The molecule has 5 aromatic rings. The van der Waals surface area contributed by atoms with Crippen LogP contribution in [-0.2, 0) is 12.2 Å². The molecule has 0 aliphatic carbocycles. The van der Waals surface area contributed by atoms with Crippen molar-refractivity contribution in [3.05, 3.63) is 147 Å². The van der Waals surface area contributed by atoms with Gasteiger partial charge in [-0.15, -0.1) is 10.2 Å². The van der Waals surface area contributed by atoms with Gasteiger partial charge >= 0.3 is 0 Å². The summed E-state index contributed by atoms with van der Waals surface area (Å²) < 4.78 is 1.88. The SMILES string of the molecule is Cc1cccc(CSc2nnc(C(Cc3ccccc3)NC(=O)c3ccccc3C)n2-c2ccc([N+](=O)[O-])cc2)c1. The van der Waals surface area contributed by atoms with Crippen LogP contribution in [0.2, 0.25) is 0 Å². The number of carbonyl (C=O) groups excluding carboxylic acids is 1. The van der Waals surface area contributed by atoms with Crippen molar-refractivity contribution in [2.75, 3.05) is 0 Å². The minimum Gasteiger partial charge on any atom is -0.342 e. The molecule has 1 amide bonds. The van der Waals surface area contributed by atoms with Gasteiger partial charge < -0.3 is 5.32 Å². The fourth-order valence-electron chi connectivity index (χ4n) is 4.64. The molecule has 41 heavy (non-hydrogen) atoms. The number of amides is 1. The number of hydrogen-bond donors (Lipinski definition) is 1. The summed E-state index contributed by atoms with van der Waals surface area (Å²) in [7, 11) is 0. The number of nitrogens with zero attached hydrogens (tertiary/aromatic N) is 4. The molecule has 9 heteroatoms. The molecule has 1 unspecified atom stereocenters. The fraction of sp³-hybridized carbons (Fsp3) is 0.156. The summed E-state index contributed by atoms with van der Waals surface area (Å²) in [6.07, 6.45) is 0.478. The van der Waals surface area contributed by atoms with Crippen LogP contribution in [-0.4, -0.2) is 25.6 Å². The van der Waals surface area contributed by atoms with Crippen LogP contribution in [0.25, 0.3) is 5.69 Å². The Kier molecular flexibility index (Phi) is 8.55. The number of aryl methyl sites for hydroxylation is 2. The summed E-state index contributed by atoms with van der Waals surface area (Å²) in [4.78, 5) is 24.4. The van der Waals surface area contributed by atoms with Gasteiger partial charge in [-0.05, 0) is 55.2 Å². The lowest BCUT2D eigenvalue weighted by Gasteiger charge is -2.21. The maximum Gasteiger partial charge on any atom is 0.269 e. The Labute approximate surface area is 242 Å². The lowest BCUT2D eigenvalue weighted by molar-refractivity contribution is -0.384. The fourth-order valence-corrected chi connectivity index (χ4v) is 5.54. The van der Waals surface area contributed by atoms with Crippen LogP contribution in [0.3, 0.4) is 0 Å². The summed E-state index contributed by atoms with van der Waals surface area (Å²) in [6.45, 7) is 3.96. The van der Waals surface area contributed by atoms with E-state index >= 15 is 0 Å². The standard InChI is InChI=1S/C32H29N5O3S/c1-22-9-8-13-25(19-22)21-41-32-35-34-30(36(32)26-15-17-27(18-16-26)37(39)40)29(20-24-11-4-3-5-12-24)33-31(38)28-14-7-6-10-23(28)2/h3-19,29H,20-21H2,1-2H3,(H,33,38). The minimum absolute atomic E-state index is 0.00831. The van der Waals surface area contributed by atoms with E-state index in [1.165, 1.54) is 29.5 Å². The molecule has 0 saturated heterocycles. The number of nitro groups is 1. The predicted molar refractivity (Wildman–Crippen MR) is 160 cm³/mol. The van der Waals surface area contributed by atoms with E-state index in [2.05, 4.69) is 40.6 Å². The third-order valence-electron chi connectivity index (χ3n) is 6.72. The van der Waals surface area contributed by atoms with Crippen LogP contribution in [0, 0.1) is 24.0 Å². The molecule has 1 N–H and O–H groups in total. The Bertz CT molecular complexity index is 1670. The molecular weight excluding hydrogens is 534 g/mol. The number of carbonyl (C=O) groups is 1. The molecule has 4 aromatic carbocycles. The normalized spacial score (nSPS) is 11.7. The number of thioether (sulfide) groups is 1. The van der Waals surface area contributed by atoms with Crippen molar-refractivity contribution in [1.29, 1.82) is 0 Å². The van der Waals surface area contributed by atoms with Gasteiger partial charge in [0.1, 0.15) is 0 Å². The van der Waals surface area contributed by atoms with Gasteiger partial charge in [-0.1, -0.05) is 90.1 Å². The molecule has 0 spiro atoms. The average Bonchev–Trinajstić information content (AvgIpc) is 3.40. The number of non-ortho nitro benzene ring substituents is 1. The van der Waals surface area contributed by atoms with E-state index in [-0.39, 0.29) is 11.6 Å². The lowest BCUT2D eigenvalue weighted by atomic mass is 10.0. The first-order chi connectivity index (χ1) is 19.9. The van der Waals surface area contributed by atoms with Crippen LogP contribution in [0.5, 0.6) is 0 Å². The molecule has 0 aliphatic rings. The Hall–Kier alpha value is -4.76. The van der Waals surface area contributed by atoms with E-state index in [9.17, 15) is 14.9 Å². The largest absolute Gasteiger partial charge is 0.342 e. The third-order valence-corrected chi connectivity index (χ3v) is 7.72. The van der Waals surface area contributed by atoms with Gasteiger partial charge in [0.15, 0.2) is 11.0 Å². The lowest BCUT2D eigenvalue weighted by Crippen LogP contribution is -2.32. The Morgan fingerprint density at radius 3 is 2.32 bits per heavy atom. The molecule has 0 aliphatic heterocycles. The van der Waals surface area contributed by atoms with Crippen LogP contribution < -0.4 is 5.32 Å². The average molecular weight is 564 g/mol. The first-order valence-corrected chi connectivity index (χ1v) is 14.2. The molecule has 1 atom stereocenters. The van der Waals surface area contributed by atoms with Crippen molar-refractivity contribution in [2.24, 2.45) is 0 Å². The zero-order valence-electron chi connectivity index (χ0n) is 22.7. The molecule has 0 bridgehead atoms. The third kappa shape index (κ3) is 6.70. The van der Waals surface area contributed by atoms with Gasteiger partial charge in [0, 0.05) is 29.1 Å². The first-order valence-electron chi connectivity index (χ1n) is 13.2. The van der Waals surface area contributed by atoms with Crippen molar-refractivity contribution in [2.45, 2.75) is 37.2 Å². The van der Waals surface area contributed by atoms with E-state index in [0.29, 0.717) is 34.4 Å². The summed E-state index contributed by atoms with van der Waals surface area (Å²) in [5, 5.41) is 24.3. The van der Waals surface area contributed by atoms with Crippen molar-refractivity contribution >= 4 is 23.4 Å². The highest BCUT2D eigenvalue weighted by Gasteiger charge is 2.26. The zero-order valence-corrected chi connectivity index (χ0v) is 23.5. The van der Waals surface area contributed by atoms with Crippen molar-refractivity contribution in [3.63, 3.8) is 0 Å². The maximum atomic E-state index is 13.5. The smallest absolute Gasteiger partial charge is 0.269 e. The molecule has 1 heterocycles. The summed E-state index contributed by atoms with van der Waals surface area (Å²) >= 11 is 1.52. The number of aromatic nitrogens is 3. The van der Waals surface area contributed by atoms with Gasteiger partial charge in [-0.3, -0.25) is 19.5 Å². The molecule has 0 radical (unpaired) electrons. The van der Waals surface area contributed by atoms with Gasteiger partial charge in [-0.2, -0.15) is 0 Å². The summed E-state index contributed by atoms with van der Waals surface area (Å²) in [5.74, 6) is 0.985. The van der Waals surface area contributed by atoms with Gasteiger partial charge in [0.2, 0.25) is 0 Å². The highest BCUT2D eigenvalue weighted by molar-refractivity contribution is 7.98. The Morgan fingerprint density at radius 1 is 0.902 bits per heavy atom. The quantitative estimate of drug-likeness (QED) is 0.114. The van der Waals surface area contributed by atoms with Gasteiger partial charge in [0.25, 0.3) is 11.6 Å². The molecule has 8 nitrogen and oxygen atoms in total. The zero-order chi connectivity index (χ0) is 28.8. The predicted octanol–water partition coefficient (Wildman–Crippen LogP) is 6.80. The van der Waals surface area contributed by atoms with Crippen LogP contribution in [0.1, 0.15) is 44.5 Å². The number of nitrogens with one attached hydrogen (secondary N) is 1. The summed E-state index contributed by atoms with van der Waals surface area (Å²) in [5.41, 5.74) is 5.45. The van der Waals surface area contributed by atoms with E-state index in [1.807, 2.05) is 66.1 Å². The number of hydrogen-bond acceptors (Lipinski definition) is 6. The van der Waals surface area contributed by atoms with E-state index < -0.39 is 11.0 Å². The van der Waals surface area contributed by atoms with Gasteiger partial charge in [-0.25, -0.2) is 0 Å². The van der Waals surface area contributed by atoms with Crippen molar-refractivity contribution in [1.82, 2.24) is 20.1 Å². The number of benzene rings is 4. The number of rotatable bonds is 10. The van der Waals surface area contributed by atoms with Gasteiger partial charge in [0.05, 0.1) is 11.0 Å². The molecular formula is C32H29N5O3S. The molecule has 0 fully saturated rings. The van der Waals surface area contributed by atoms with Crippen LogP contribution >= 0.6 is 11.8 Å². The second kappa shape index (κ2) is 12.6. The summed E-state index contributed by atoms with van der Waals surface area (Å²) in [6, 6.07) is 31.4. The minimum atomic E-state index is -0.527.